The zero-order valence-corrected chi connectivity index (χ0v) is 17.2. The first-order valence-electron chi connectivity index (χ1n) is 10.5. The van der Waals surface area contributed by atoms with Crippen molar-refractivity contribution in [3.63, 3.8) is 0 Å². The zero-order chi connectivity index (χ0) is 20.2. The minimum Gasteiger partial charge on any atom is -0.375 e. The van der Waals surface area contributed by atoms with Crippen LogP contribution in [0.2, 0.25) is 0 Å². The van der Waals surface area contributed by atoms with Crippen molar-refractivity contribution in [1.82, 2.24) is 9.21 Å². The molecule has 6 nitrogen and oxygen atoms in total. The van der Waals surface area contributed by atoms with Gasteiger partial charge in [0.25, 0.3) is 0 Å². The van der Waals surface area contributed by atoms with E-state index in [1.54, 1.807) is 0 Å². The van der Waals surface area contributed by atoms with E-state index in [4.69, 9.17) is 10.00 Å². The second-order valence-corrected chi connectivity index (χ2v) is 11.1. The molecule has 0 aromatic heterocycles. The summed E-state index contributed by atoms with van der Waals surface area (Å²) < 4.78 is 47.0. The number of halogens is 1. The summed E-state index contributed by atoms with van der Waals surface area (Å²) in [6, 6.07) is 6.33. The highest BCUT2D eigenvalue weighted by Gasteiger charge is 2.49. The lowest BCUT2D eigenvalue weighted by molar-refractivity contribution is 0.00873. The maximum absolute atomic E-state index is 13.8. The molecule has 3 heterocycles. The highest BCUT2D eigenvalue weighted by atomic mass is 32.2. The van der Waals surface area contributed by atoms with Crippen LogP contribution in [0, 0.1) is 22.6 Å². The summed E-state index contributed by atoms with van der Waals surface area (Å²) >= 11 is 0. The van der Waals surface area contributed by atoms with Gasteiger partial charge in [0.1, 0.15) is 5.82 Å². The molecule has 5 rings (SSSR count). The minimum atomic E-state index is -3.78. The molecule has 0 amide bonds. The van der Waals surface area contributed by atoms with Gasteiger partial charge in [-0.15, -0.1) is 0 Å². The molecule has 3 saturated heterocycles. The molecule has 8 heteroatoms. The van der Waals surface area contributed by atoms with Gasteiger partial charge in [-0.3, -0.25) is 4.90 Å². The van der Waals surface area contributed by atoms with Crippen molar-refractivity contribution in [1.29, 1.82) is 5.26 Å². The van der Waals surface area contributed by atoms with Crippen LogP contribution in [0.25, 0.3) is 0 Å². The monoisotopic (exact) mass is 419 g/mol. The number of nitrogens with zero attached hydrogens (tertiary/aromatic N) is 3. The molecule has 4 aliphatic rings. The number of morpholine rings is 1. The van der Waals surface area contributed by atoms with Crippen LogP contribution in [-0.2, 0) is 14.8 Å². The van der Waals surface area contributed by atoms with Crippen molar-refractivity contribution in [3.05, 3.63) is 29.6 Å². The van der Waals surface area contributed by atoms with E-state index in [0.717, 1.165) is 57.4 Å². The number of fused-ring (bicyclic) bond motifs is 2. The smallest absolute Gasteiger partial charge is 0.243 e. The van der Waals surface area contributed by atoms with Crippen LogP contribution in [0.4, 0.5) is 4.39 Å². The first-order valence-corrected chi connectivity index (χ1v) is 11.9. The van der Waals surface area contributed by atoms with Crippen LogP contribution >= 0.6 is 0 Å². The quantitative estimate of drug-likeness (QED) is 0.753. The molecule has 1 spiro atoms. The maximum Gasteiger partial charge on any atom is 0.243 e. The van der Waals surface area contributed by atoms with Gasteiger partial charge in [0, 0.05) is 31.7 Å². The average Bonchev–Trinajstić information content (AvgIpc) is 3.44. The van der Waals surface area contributed by atoms with E-state index in [-0.39, 0.29) is 15.9 Å². The lowest BCUT2D eigenvalue weighted by Gasteiger charge is -2.40. The predicted molar refractivity (Wildman–Crippen MR) is 104 cm³/mol. The molecule has 156 valence electrons. The molecule has 1 aliphatic carbocycles. The molecule has 4 fully saturated rings. The second kappa shape index (κ2) is 7.02. The molecule has 0 radical (unpaired) electrons. The molecule has 1 unspecified atom stereocenters. The maximum atomic E-state index is 13.8. The molecule has 0 N–H and O–H groups in total. The molecule has 29 heavy (non-hydrogen) atoms. The number of benzene rings is 1. The van der Waals surface area contributed by atoms with E-state index >= 15 is 0 Å². The molecular weight excluding hydrogens is 393 g/mol. The fraction of sp³-hybridized carbons (Fsp3) is 0.667. The van der Waals surface area contributed by atoms with Gasteiger partial charge in [-0.05, 0) is 62.1 Å². The van der Waals surface area contributed by atoms with E-state index in [1.165, 1.54) is 16.8 Å². The Morgan fingerprint density at radius 1 is 1.17 bits per heavy atom. The van der Waals surface area contributed by atoms with Crippen LogP contribution in [0.5, 0.6) is 0 Å². The Bertz CT molecular complexity index is 952. The van der Waals surface area contributed by atoms with E-state index in [9.17, 15) is 12.8 Å². The molecular formula is C21H26FN3O3S. The Hall–Kier alpha value is -1.53. The van der Waals surface area contributed by atoms with E-state index in [0.29, 0.717) is 31.3 Å². The Balaban J connectivity index is 1.26. The number of piperidine rings is 1. The predicted octanol–water partition coefficient (Wildman–Crippen LogP) is 2.49. The Labute approximate surface area is 171 Å². The van der Waals surface area contributed by atoms with Gasteiger partial charge >= 0.3 is 0 Å². The zero-order valence-electron chi connectivity index (χ0n) is 16.4. The summed E-state index contributed by atoms with van der Waals surface area (Å²) in [5.41, 5.74) is 0.249. The highest BCUT2D eigenvalue weighted by Crippen LogP contribution is 2.50. The van der Waals surface area contributed by atoms with Gasteiger partial charge < -0.3 is 4.74 Å². The van der Waals surface area contributed by atoms with Crippen molar-refractivity contribution in [2.45, 2.75) is 61.6 Å². The third-order valence-electron chi connectivity index (χ3n) is 7.51. The standard InChI is InChI=1S/C21H26FN3O3S/c22-16-7-15(12-23)8-20(9-16)29(26,27)24-5-3-21(4-6-24)2-1-17(11-21)25-13-19-10-18(25)14-28-19/h7-9,17-19H,1-6,10-11,13-14H2/t17?,18-,19-/m1/s1. The number of rotatable bonds is 3. The fourth-order valence-corrected chi connectivity index (χ4v) is 7.42. The Kier molecular flexibility index (Phi) is 4.70. The summed E-state index contributed by atoms with van der Waals surface area (Å²) in [6.07, 6.45) is 6.75. The van der Waals surface area contributed by atoms with Crippen LogP contribution < -0.4 is 0 Å². The summed E-state index contributed by atoms with van der Waals surface area (Å²) in [4.78, 5) is 2.52. The number of sulfonamides is 1. The Morgan fingerprint density at radius 3 is 2.62 bits per heavy atom. The molecule has 3 aliphatic heterocycles. The SMILES string of the molecule is N#Cc1cc(F)cc(S(=O)(=O)N2CCC3(CCC(N4C[C@H]5C[C@@H]4CO5)C3)CC2)c1. The average molecular weight is 420 g/mol. The van der Waals surface area contributed by atoms with Crippen molar-refractivity contribution in [2.24, 2.45) is 5.41 Å². The molecule has 1 aromatic carbocycles. The molecule has 3 atom stereocenters. The van der Waals surface area contributed by atoms with Crippen LogP contribution in [0.3, 0.4) is 0 Å². The largest absolute Gasteiger partial charge is 0.375 e. The molecule has 1 saturated carbocycles. The van der Waals surface area contributed by atoms with E-state index < -0.39 is 15.8 Å². The summed E-state index contributed by atoms with van der Waals surface area (Å²) in [5.74, 6) is -0.696. The number of nitriles is 1. The first-order chi connectivity index (χ1) is 13.9. The van der Waals surface area contributed by atoms with E-state index in [1.807, 2.05) is 6.07 Å². The lowest BCUT2D eigenvalue weighted by Crippen LogP contribution is -2.45. The minimum absolute atomic E-state index is 0.0274. The topological polar surface area (TPSA) is 73.6 Å². The Morgan fingerprint density at radius 2 is 1.97 bits per heavy atom. The normalized spacial score (nSPS) is 32.1. The van der Waals surface area contributed by atoms with Crippen LogP contribution in [0.15, 0.2) is 23.1 Å². The number of hydrogen-bond acceptors (Lipinski definition) is 5. The van der Waals surface area contributed by atoms with Gasteiger partial charge in [-0.1, -0.05) is 0 Å². The van der Waals surface area contributed by atoms with Gasteiger partial charge in [0.2, 0.25) is 10.0 Å². The second-order valence-electron chi connectivity index (χ2n) is 9.13. The third-order valence-corrected chi connectivity index (χ3v) is 9.39. The van der Waals surface area contributed by atoms with Gasteiger partial charge in [-0.2, -0.15) is 9.57 Å². The molecule has 1 aromatic rings. The van der Waals surface area contributed by atoms with Crippen molar-refractivity contribution < 1.29 is 17.5 Å². The highest BCUT2D eigenvalue weighted by molar-refractivity contribution is 7.89. The number of hydrogen-bond donors (Lipinski definition) is 0. The number of likely N-dealkylation sites (tertiary alicyclic amines) is 1. The first kappa shape index (κ1) is 19.4. The summed E-state index contributed by atoms with van der Waals surface area (Å²) in [7, 11) is -3.78. The van der Waals surface area contributed by atoms with E-state index in [2.05, 4.69) is 4.90 Å². The van der Waals surface area contributed by atoms with Crippen molar-refractivity contribution in [2.75, 3.05) is 26.2 Å². The lowest BCUT2D eigenvalue weighted by atomic mass is 9.77. The molecule has 2 bridgehead atoms. The number of ether oxygens (including phenoxy) is 1. The van der Waals surface area contributed by atoms with Gasteiger partial charge in [-0.25, -0.2) is 12.8 Å². The van der Waals surface area contributed by atoms with Gasteiger partial charge in [0.05, 0.1) is 29.2 Å². The fourth-order valence-electron chi connectivity index (χ4n) is 5.92. The van der Waals surface area contributed by atoms with Crippen molar-refractivity contribution >= 4 is 10.0 Å². The van der Waals surface area contributed by atoms with Crippen LogP contribution in [0.1, 0.15) is 44.1 Å². The van der Waals surface area contributed by atoms with Crippen molar-refractivity contribution in [3.8, 4) is 6.07 Å². The van der Waals surface area contributed by atoms with Gasteiger partial charge in [0.15, 0.2) is 0 Å². The third kappa shape index (κ3) is 3.38. The summed E-state index contributed by atoms with van der Waals surface area (Å²) in [6.45, 7) is 2.83. The van der Waals surface area contributed by atoms with Crippen LogP contribution in [-0.4, -0.2) is 62.1 Å². The summed E-state index contributed by atoms with van der Waals surface area (Å²) in [5, 5.41) is 9.02.